The molecule has 3 saturated heterocycles. The predicted octanol–water partition coefficient (Wildman–Crippen LogP) is 2.79. The number of amides is 1. The highest BCUT2D eigenvalue weighted by Gasteiger charge is 2.62. The molecule has 0 aliphatic carbocycles. The molecule has 3 aliphatic heterocycles. The minimum Gasteiger partial charge on any atom is -0.370 e. The number of ether oxygens (including phenoxy) is 1. The third kappa shape index (κ3) is 3.63. The third-order valence-corrected chi connectivity index (χ3v) is 6.65. The van der Waals surface area contributed by atoms with Crippen LogP contribution in [-0.4, -0.2) is 47.3 Å². The van der Waals surface area contributed by atoms with Gasteiger partial charge in [0.15, 0.2) is 5.76 Å². The van der Waals surface area contributed by atoms with Gasteiger partial charge in [0.25, 0.3) is 0 Å². The number of rotatable bonds is 6. The highest BCUT2D eigenvalue weighted by Crippen LogP contribution is 2.54. The number of aryl methyl sites for hydroxylation is 1. The zero-order chi connectivity index (χ0) is 19.8. The van der Waals surface area contributed by atoms with Gasteiger partial charge in [0.1, 0.15) is 0 Å². The molecule has 152 valence electrons. The molecule has 0 saturated carbocycles. The Morgan fingerprint density at radius 3 is 3.03 bits per heavy atom. The van der Waals surface area contributed by atoms with Crippen LogP contribution in [0.1, 0.15) is 29.9 Å². The SMILES string of the molecule is Cc1cc(CN2C[C@@H]3[C@H](CNC(=O)C=Cc4ccccc4)[C@H]4CC[C@]3(C2)O4)on1. The van der Waals surface area contributed by atoms with Gasteiger partial charge in [-0.1, -0.05) is 35.5 Å². The molecular formula is C23H27N3O3. The lowest BCUT2D eigenvalue weighted by Gasteiger charge is -2.29. The Morgan fingerprint density at radius 2 is 2.24 bits per heavy atom. The van der Waals surface area contributed by atoms with Crippen molar-refractivity contribution in [3.63, 3.8) is 0 Å². The van der Waals surface area contributed by atoms with Crippen molar-refractivity contribution in [1.82, 2.24) is 15.4 Å². The minimum absolute atomic E-state index is 0.0438. The predicted molar refractivity (Wildman–Crippen MR) is 109 cm³/mol. The highest BCUT2D eigenvalue weighted by atomic mass is 16.5. The largest absolute Gasteiger partial charge is 0.370 e. The number of carbonyl (C=O) groups excluding carboxylic acids is 1. The van der Waals surface area contributed by atoms with E-state index in [1.165, 1.54) is 0 Å². The number of fused-ring (bicyclic) bond motifs is 1. The Balaban J connectivity index is 1.19. The molecule has 1 aromatic heterocycles. The summed E-state index contributed by atoms with van der Waals surface area (Å²) in [6, 6.07) is 11.9. The molecule has 1 aromatic carbocycles. The first kappa shape index (κ1) is 18.6. The summed E-state index contributed by atoms with van der Waals surface area (Å²) in [5.41, 5.74) is 1.90. The average Bonchev–Trinajstić information content (AvgIpc) is 3.46. The van der Waals surface area contributed by atoms with Gasteiger partial charge < -0.3 is 14.6 Å². The van der Waals surface area contributed by atoms with E-state index in [2.05, 4.69) is 15.4 Å². The van der Waals surface area contributed by atoms with E-state index in [1.807, 2.05) is 49.4 Å². The minimum atomic E-state index is -0.0466. The molecule has 4 heterocycles. The quantitative estimate of drug-likeness (QED) is 0.765. The second-order valence-electron chi connectivity index (χ2n) is 8.62. The number of benzene rings is 1. The first-order chi connectivity index (χ1) is 14.1. The summed E-state index contributed by atoms with van der Waals surface area (Å²) >= 11 is 0. The van der Waals surface area contributed by atoms with Gasteiger partial charge in [0.2, 0.25) is 5.91 Å². The fraction of sp³-hybridized carbons (Fsp3) is 0.478. The fourth-order valence-corrected chi connectivity index (χ4v) is 5.40. The molecule has 2 bridgehead atoms. The third-order valence-electron chi connectivity index (χ3n) is 6.65. The van der Waals surface area contributed by atoms with Crippen LogP contribution in [-0.2, 0) is 16.1 Å². The van der Waals surface area contributed by atoms with Crippen LogP contribution in [0.5, 0.6) is 0 Å². The summed E-state index contributed by atoms with van der Waals surface area (Å²) in [5, 5.41) is 7.10. The van der Waals surface area contributed by atoms with Crippen molar-refractivity contribution in [2.24, 2.45) is 11.8 Å². The molecule has 1 spiro atoms. The molecule has 0 radical (unpaired) electrons. The van der Waals surface area contributed by atoms with E-state index in [9.17, 15) is 4.79 Å². The molecule has 5 rings (SSSR count). The van der Waals surface area contributed by atoms with Crippen molar-refractivity contribution in [2.45, 2.75) is 38.0 Å². The topological polar surface area (TPSA) is 67.6 Å². The second kappa shape index (κ2) is 7.43. The smallest absolute Gasteiger partial charge is 0.244 e. The van der Waals surface area contributed by atoms with Gasteiger partial charge in [-0.15, -0.1) is 0 Å². The summed E-state index contributed by atoms with van der Waals surface area (Å²) in [4.78, 5) is 14.7. The van der Waals surface area contributed by atoms with E-state index in [0.29, 0.717) is 18.4 Å². The van der Waals surface area contributed by atoms with Gasteiger partial charge in [-0.3, -0.25) is 9.69 Å². The fourth-order valence-electron chi connectivity index (χ4n) is 5.40. The molecule has 1 N–H and O–H groups in total. The van der Waals surface area contributed by atoms with E-state index < -0.39 is 0 Å². The summed E-state index contributed by atoms with van der Waals surface area (Å²) in [6.45, 7) is 5.30. The molecule has 0 unspecified atom stereocenters. The summed E-state index contributed by atoms with van der Waals surface area (Å²) in [6.07, 6.45) is 5.95. The highest BCUT2D eigenvalue weighted by molar-refractivity contribution is 5.91. The van der Waals surface area contributed by atoms with Crippen molar-refractivity contribution in [3.05, 3.63) is 59.5 Å². The van der Waals surface area contributed by atoms with Crippen LogP contribution in [0.2, 0.25) is 0 Å². The molecule has 3 fully saturated rings. The van der Waals surface area contributed by atoms with Crippen LogP contribution in [0.3, 0.4) is 0 Å². The lowest BCUT2D eigenvalue weighted by atomic mass is 9.73. The lowest BCUT2D eigenvalue weighted by molar-refractivity contribution is -0.116. The lowest BCUT2D eigenvalue weighted by Crippen LogP contribution is -2.41. The number of hydrogen-bond acceptors (Lipinski definition) is 5. The van der Waals surface area contributed by atoms with E-state index in [0.717, 1.165) is 49.5 Å². The van der Waals surface area contributed by atoms with Crippen molar-refractivity contribution in [1.29, 1.82) is 0 Å². The molecule has 2 aromatic rings. The normalized spacial score (nSPS) is 30.9. The maximum absolute atomic E-state index is 12.3. The standard InChI is InChI=1S/C23H27N3O3/c1-16-11-18(29-25-16)13-26-14-20-19(21-9-10-23(20,15-26)28-21)12-24-22(27)8-7-17-5-3-2-4-6-17/h2-8,11,19-21H,9-10,12-15H2,1H3,(H,24,27)/t19-,20+,21+,23+/m0/s1. The van der Waals surface area contributed by atoms with E-state index >= 15 is 0 Å². The van der Waals surface area contributed by atoms with Gasteiger partial charge >= 0.3 is 0 Å². The van der Waals surface area contributed by atoms with Crippen LogP contribution in [0.4, 0.5) is 0 Å². The van der Waals surface area contributed by atoms with Crippen LogP contribution < -0.4 is 5.32 Å². The van der Waals surface area contributed by atoms with Gasteiger partial charge in [-0.2, -0.15) is 0 Å². The first-order valence-corrected chi connectivity index (χ1v) is 10.4. The molecule has 3 aliphatic rings. The zero-order valence-electron chi connectivity index (χ0n) is 16.7. The Bertz CT molecular complexity index is 909. The summed E-state index contributed by atoms with van der Waals surface area (Å²) < 4.78 is 11.9. The van der Waals surface area contributed by atoms with E-state index in [4.69, 9.17) is 9.26 Å². The molecule has 29 heavy (non-hydrogen) atoms. The summed E-state index contributed by atoms with van der Waals surface area (Å²) in [5.74, 6) is 1.70. The van der Waals surface area contributed by atoms with Gasteiger partial charge in [-0.25, -0.2) is 0 Å². The molecule has 4 atom stereocenters. The van der Waals surface area contributed by atoms with Crippen LogP contribution >= 0.6 is 0 Å². The number of aromatic nitrogens is 1. The van der Waals surface area contributed by atoms with Gasteiger partial charge in [0, 0.05) is 43.6 Å². The molecular weight excluding hydrogens is 366 g/mol. The first-order valence-electron chi connectivity index (χ1n) is 10.4. The van der Waals surface area contributed by atoms with Crippen molar-refractivity contribution in [2.75, 3.05) is 19.6 Å². The van der Waals surface area contributed by atoms with Crippen LogP contribution in [0, 0.1) is 18.8 Å². The van der Waals surface area contributed by atoms with Crippen LogP contribution in [0.25, 0.3) is 6.08 Å². The number of hydrogen-bond donors (Lipinski definition) is 1. The maximum Gasteiger partial charge on any atom is 0.244 e. The van der Waals surface area contributed by atoms with Crippen molar-refractivity contribution >= 4 is 12.0 Å². The maximum atomic E-state index is 12.3. The Morgan fingerprint density at radius 1 is 1.38 bits per heavy atom. The second-order valence-corrected chi connectivity index (χ2v) is 8.62. The van der Waals surface area contributed by atoms with Gasteiger partial charge in [-0.05, 0) is 31.4 Å². The van der Waals surface area contributed by atoms with Crippen LogP contribution in [0.15, 0.2) is 47.0 Å². The van der Waals surface area contributed by atoms with Gasteiger partial charge in [0.05, 0.1) is 23.9 Å². The number of carbonyl (C=O) groups is 1. The number of nitrogens with zero attached hydrogens (tertiary/aromatic N) is 2. The average molecular weight is 393 g/mol. The number of likely N-dealkylation sites (tertiary alicyclic amines) is 1. The Kier molecular flexibility index (Phi) is 4.76. The van der Waals surface area contributed by atoms with Crippen molar-refractivity contribution < 1.29 is 14.1 Å². The molecule has 1 amide bonds. The van der Waals surface area contributed by atoms with E-state index in [-0.39, 0.29) is 17.6 Å². The monoisotopic (exact) mass is 393 g/mol. The molecule has 6 nitrogen and oxygen atoms in total. The zero-order valence-corrected chi connectivity index (χ0v) is 16.7. The Hall–Kier alpha value is -2.44. The molecule has 6 heteroatoms. The number of nitrogens with one attached hydrogen (secondary N) is 1. The Labute approximate surface area is 170 Å². The summed E-state index contributed by atoms with van der Waals surface area (Å²) in [7, 11) is 0. The van der Waals surface area contributed by atoms with Crippen molar-refractivity contribution in [3.8, 4) is 0 Å². The van der Waals surface area contributed by atoms with E-state index in [1.54, 1.807) is 6.08 Å².